The van der Waals surface area contributed by atoms with Crippen molar-refractivity contribution >= 4 is 0 Å². The van der Waals surface area contributed by atoms with Crippen LogP contribution in [0.25, 0.3) is 0 Å². The van der Waals surface area contributed by atoms with Gasteiger partial charge in [0.2, 0.25) is 0 Å². The van der Waals surface area contributed by atoms with E-state index in [9.17, 15) is 5.11 Å². The monoisotopic (exact) mass is 168 g/mol. The molecule has 1 N–H and O–H groups in total. The highest BCUT2D eigenvalue weighted by molar-refractivity contribution is 5.14. The Morgan fingerprint density at radius 1 is 1.17 bits per heavy atom. The molecule has 2 nitrogen and oxygen atoms in total. The smallest absolute Gasteiger partial charge is 0.113 e. The van der Waals surface area contributed by atoms with Crippen LogP contribution in [0.4, 0.5) is 0 Å². The van der Waals surface area contributed by atoms with Crippen molar-refractivity contribution in [1.82, 2.24) is 0 Å². The maximum Gasteiger partial charge on any atom is 0.113 e. The van der Waals surface area contributed by atoms with Gasteiger partial charge in [0.1, 0.15) is 11.7 Å². The van der Waals surface area contributed by atoms with E-state index in [1.807, 2.05) is 0 Å². The molecule has 3 fully saturated rings. The molecule has 2 heteroatoms. The Morgan fingerprint density at radius 2 is 2.08 bits per heavy atom. The lowest BCUT2D eigenvalue weighted by Crippen LogP contribution is -2.39. The summed E-state index contributed by atoms with van der Waals surface area (Å²) in [6.07, 6.45) is 7.45. The molecule has 12 heavy (non-hydrogen) atoms. The molecule has 0 aromatic carbocycles. The zero-order chi connectivity index (χ0) is 8.18. The van der Waals surface area contributed by atoms with Crippen molar-refractivity contribution in [2.24, 2.45) is 5.92 Å². The topological polar surface area (TPSA) is 32.8 Å². The van der Waals surface area contributed by atoms with Gasteiger partial charge in [0.25, 0.3) is 0 Å². The summed E-state index contributed by atoms with van der Waals surface area (Å²) in [5.41, 5.74) is 0.163. The molecule has 68 valence electrons. The van der Waals surface area contributed by atoms with Crippen molar-refractivity contribution in [2.45, 2.75) is 56.3 Å². The highest BCUT2D eigenvalue weighted by atomic mass is 16.6. The lowest BCUT2D eigenvalue weighted by molar-refractivity contribution is 0.0965. The van der Waals surface area contributed by atoms with E-state index in [-0.39, 0.29) is 17.8 Å². The minimum absolute atomic E-state index is 0.153. The first kappa shape index (κ1) is 7.34. The van der Waals surface area contributed by atoms with E-state index in [0.717, 1.165) is 12.3 Å². The predicted octanol–water partition coefficient (Wildman–Crippen LogP) is 1.47. The second-order valence-corrected chi connectivity index (χ2v) is 4.58. The minimum Gasteiger partial charge on any atom is -0.390 e. The van der Waals surface area contributed by atoms with Gasteiger partial charge in [0, 0.05) is 0 Å². The first-order chi connectivity index (χ1) is 5.83. The highest BCUT2D eigenvalue weighted by Crippen LogP contribution is 2.57. The average molecular weight is 168 g/mol. The summed E-state index contributed by atoms with van der Waals surface area (Å²) in [4.78, 5) is 0. The van der Waals surface area contributed by atoms with Crippen LogP contribution in [0.15, 0.2) is 0 Å². The van der Waals surface area contributed by atoms with Gasteiger partial charge in [-0.05, 0) is 31.6 Å². The fourth-order valence-electron chi connectivity index (χ4n) is 3.29. The number of aliphatic hydroxyl groups is 1. The molecule has 1 spiro atoms. The molecular weight excluding hydrogens is 152 g/mol. The van der Waals surface area contributed by atoms with E-state index in [1.165, 1.54) is 32.1 Å². The molecule has 4 atom stereocenters. The van der Waals surface area contributed by atoms with Crippen LogP contribution in [0, 0.1) is 5.92 Å². The molecule has 0 amide bonds. The van der Waals surface area contributed by atoms with E-state index in [1.54, 1.807) is 0 Å². The first-order valence-corrected chi connectivity index (χ1v) is 5.19. The Balaban J connectivity index is 1.84. The Hall–Kier alpha value is -0.0800. The van der Waals surface area contributed by atoms with E-state index < -0.39 is 0 Å². The normalized spacial score (nSPS) is 57.2. The van der Waals surface area contributed by atoms with Crippen LogP contribution >= 0.6 is 0 Å². The van der Waals surface area contributed by atoms with Gasteiger partial charge in [-0.2, -0.15) is 0 Å². The SMILES string of the molecule is O[C@H]1CC[C@@H]2CCCC[C@]23O[C@H]13. The molecular formula is C10H16O2. The number of rotatable bonds is 0. The predicted molar refractivity (Wildman–Crippen MR) is 44.8 cm³/mol. The second-order valence-electron chi connectivity index (χ2n) is 4.58. The molecule has 0 unspecified atom stereocenters. The number of hydrogen-bond donors (Lipinski definition) is 1. The molecule has 1 saturated heterocycles. The van der Waals surface area contributed by atoms with Gasteiger partial charge in [-0.25, -0.2) is 0 Å². The third-order valence-electron chi connectivity index (χ3n) is 3.99. The highest BCUT2D eigenvalue weighted by Gasteiger charge is 2.65. The number of ether oxygens (including phenoxy) is 1. The van der Waals surface area contributed by atoms with E-state index in [0.29, 0.717) is 0 Å². The second kappa shape index (κ2) is 2.24. The third-order valence-corrected chi connectivity index (χ3v) is 3.99. The molecule has 2 aliphatic carbocycles. The number of hydrogen-bond acceptors (Lipinski definition) is 2. The lowest BCUT2D eigenvalue weighted by atomic mass is 9.70. The summed E-state index contributed by atoms with van der Waals surface area (Å²) in [5, 5.41) is 9.63. The average Bonchev–Trinajstić information content (AvgIpc) is 2.80. The van der Waals surface area contributed by atoms with Crippen molar-refractivity contribution in [1.29, 1.82) is 0 Å². The molecule has 1 heterocycles. The van der Waals surface area contributed by atoms with Crippen LogP contribution in [0.5, 0.6) is 0 Å². The fourth-order valence-corrected chi connectivity index (χ4v) is 3.29. The summed E-state index contributed by atoms with van der Waals surface area (Å²) in [7, 11) is 0. The zero-order valence-corrected chi connectivity index (χ0v) is 7.33. The minimum atomic E-state index is -0.153. The number of aliphatic hydroxyl groups excluding tert-OH is 1. The summed E-state index contributed by atoms with van der Waals surface area (Å²) in [6, 6.07) is 0. The fraction of sp³-hybridized carbons (Fsp3) is 1.00. The Labute approximate surface area is 72.9 Å². The molecule has 0 bridgehead atoms. The van der Waals surface area contributed by atoms with Crippen LogP contribution in [0.1, 0.15) is 38.5 Å². The van der Waals surface area contributed by atoms with Gasteiger partial charge >= 0.3 is 0 Å². The maximum absolute atomic E-state index is 9.63. The van der Waals surface area contributed by atoms with Gasteiger partial charge in [0.15, 0.2) is 0 Å². The standard InChI is InChI=1S/C10H16O2/c11-8-5-4-7-3-1-2-6-10(7)9(8)12-10/h7-9,11H,1-6H2/t7-,8-,9+,10-/m0/s1. The van der Waals surface area contributed by atoms with Crippen molar-refractivity contribution in [3.8, 4) is 0 Å². The quantitative estimate of drug-likeness (QED) is 0.555. The molecule has 2 saturated carbocycles. The molecule has 1 aliphatic heterocycles. The third kappa shape index (κ3) is 0.775. The molecule has 0 radical (unpaired) electrons. The molecule has 0 aromatic heterocycles. The maximum atomic E-state index is 9.63. The summed E-state index contributed by atoms with van der Waals surface area (Å²) in [6.45, 7) is 0. The van der Waals surface area contributed by atoms with Crippen LogP contribution in [0.3, 0.4) is 0 Å². The van der Waals surface area contributed by atoms with Crippen molar-refractivity contribution < 1.29 is 9.84 Å². The van der Waals surface area contributed by atoms with Crippen LogP contribution < -0.4 is 0 Å². The van der Waals surface area contributed by atoms with Gasteiger partial charge < -0.3 is 9.84 Å². The van der Waals surface area contributed by atoms with Gasteiger partial charge in [-0.3, -0.25) is 0 Å². The van der Waals surface area contributed by atoms with Gasteiger partial charge in [-0.15, -0.1) is 0 Å². The van der Waals surface area contributed by atoms with Crippen molar-refractivity contribution in [3.05, 3.63) is 0 Å². The Kier molecular flexibility index (Phi) is 1.37. The van der Waals surface area contributed by atoms with Gasteiger partial charge in [-0.1, -0.05) is 12.8 Å². The van der Waals surface area contributed by atoms with Crippen molar-refractivity contribution in [3.63, 3.8) is 0 Å². The molecule has 3 aliphatic rings. The zero-order valence-electron chi connectivity index (χ0n) is 7.33. The molecule has 0 aromatic rings. The van der Waals surface area contributed by atoms with Gasteiger partial charge in [0.05, 0.1) is 6.10 Å². The van der Waals surface area contributed by atoms with Crippen LogP contribution in [-0.2, 0) is 4.74 Å². The molecule has 3 rings (SSSR count). The lowest BCUT2D eigenvalue weighted by Gasteiger charge is -2.33. The Bertz CT molecular complexity index is 204. The van der Waals surface area contributed by atoms with E-state index in [4.69, 9.17) is 4.74 Å². The van der Waals surface area contributed by atoms with Crippen LogP contribution in [-0.4, -0.2) is 22.9 Å². The van der Waals surface area contributed by atoms with Crippen LogP contribution in [0.2, 0.25) is 0 Å². The largest absolute Gasteiger partial charge is 0.390 e. The van der Waals surface area contributed by atoms with E-state index in [2.05, 4.69) is 0 Å². The number of epoxide rings is 1. The Morgan fingerprint density at radius 3 is 3.00 bits per heavy atom. The van der Waals surface area contributed by atoms with Crippen molar-refractivity contribution in [2.75, 3.05) is 0 Å². The first-order valence-electron chi connectivity index (χ1n) is 5.19. The summed E-state index contributed by atoms with van der Waals surface area (Å²) < 4.78 is 5.73. The summed E-state index contributed by atoms with van der Waals surface area (Å²) >= 11 is 0. The summed E-state index contributed by atoms with van der Waals surface area (Å²) in [5.74, 6) is 0.777. The van der Waals surface area contributed by atoms with E-state index >= 15 is 0 Å².